The number of nitrogens with zero attached hydrogens (tertiary/aromatic N) is 3. The highest BCUT2D eigenvalue weighted by atomic mass is 19.1. The normalized spacial score (nSPS) is 12.5. The zero-order valence-corrected chi connectivity index (χ0v) is 18.3. The fourth-order valence-corrected chi connectivity index (χ4v) is 3.58. The smallest absolute Gasteiger partial charge is 0.298 e. The van der Waals surface area contributed by atoms with E-state index in [1.807, 2.05) is 35.2 Å². The SMILES string of the molecule is COCCN1CCn2c1nc(C(=O)NCc1ccc(F)cc1)c(OCc1ccccc1)c2=O. The van der Waals surface area contributed by atoms with Crippen molar-refractivity contribution < 1.29 is 18.7 Å². The number of nitrogens with one attached hydrogen (secondary N) is 1. The van der Waals surface area contributed by atoms with Gasteiger partial charge in [-0.2, -0.15) is 0 Å². The summed E-state index contributed by atoms with van der Waals surface area (Å²) in [7, 11) is 1.60. The van der Waals surface area contributed by atoms with Crippen LogP contribution in [-0.2, 0) is 24.4 Å². The number of methoxy groups -OCH3 is 1. The first-order valence-corrected chi connectivity index (χ1v) is 10.6. The van der Waals surface area contributed by atoms with Gasteiger partial charge in [0.15, 0.2) is 5.69 Å². The topological polar surface area (TPSA) is 85.7 Å². The Morgan fingerprint density at radius 3 is 2.58 bits per heavy atom. The number of halogens is 1. The summed E-state index contributed by atoms with van der Waals surface area (Å²) < 4.78 is 25.7. The molecule has 0 saturated carbocycles. The molecule has 9 heteroatoms. The maximum Gasteiger partial charge on any atom is 0.298 e. The van der Waals surface area contributed by atoms with Crippen LogP contribution in [0, 0.1) is 5.82 Å². The molecule has 4 rings (SSSR count). The van der Waals surface area contributed by atoms with Gasteiger partial charge < -0.3 is 19.7 Å². The summed E-state index contributed by atoms with van der Waals surface area (Å²) in [6, 6.07) is 15.2. The lowest BCUT2D eigenvalue weighted by Crippen LogP contribution is -2.32. The predicted octanol–water partition coefficient (Wildman–Crippen LogP) is 2.36. The maximum atomic E-state index is 13.3. The van der Waals surface area contributed by atoms with Crippen molar-refractivity contribution in [3.63, 3.8) is 0 Å². The fourth-order valence-electron chi connectivity index (χ4n) is 3.58. The van der Waals surface area contributed by atoms with Gasteiger partial charge in [0.1, 0.15) is 12.4 Å². The first kappa shape index (κ1) is 22.5. The van der Waals surface area contributed by atoms with Crippen molar-refractivity contribution in [2.24, 2.45) is 0 Å². The summed E-state index contributed by atoms with van der Waals surface area (Å²) in [6.45, 7) is 2.33. The molecular formula is C24H25FN4O4. The number of fused-ring (bicyclic) bond motifs is 1. The number of ether oxygens (including phenoxy) is 2. The van der Waals surface area contributed by atoms with Gasteiger partial charge in [-0.05, 0) is 23.3 Å². The second kappa shape index (κ2) is 10.3. The summed E-state index contributed by atoms with van der Waals surface area (Å²) in [5, 5.41) is 2.75. The Bertz CT molecular complexity index is 1170. The van der Waals surface area contributed by atoms with E-state index in [1.165, 1.54) is 16.7 Å². The Morgan fingerprint density at radius 1 is 1.09 bits per heavy atom. The Balaban J connectivity index is 1.62. The third-order valence-corrected chi connectivity index (χ3v) is 5.36. The first-order valence-electron chi connectivity index (χ1n) is 10.6. The predicted molar refractivity (Wildman–Crippen MR) is 121 cm³/mol. The molecule has 2 aromatic carbocycles. The van der Waals surface area contributed by atoms with E-state index in [9.17, 15) is 14.0 Å². The molecule has 1 amide bonds. The lowest BCUT2D eigenvalue weighted by Gasteiger charge is -2.18. The van der Waals surface area contributed by atoms with Crippen LogP contribution in [-0.4, -0.2) is 42.3 Å². The summed E-state index contributed by atoms with van der Waals surface area (Å²) >= 11 is 0. The van der Waals surface area contributed by atoms with Crippen molar-refractivity contribution in [1.29, 1.82) is 0 Å². The van der Waals surface area contributed by atoms with E-state index in [-0.39, 0.29) is 30.4 Å². The van der Waals surface area contributed by atoms with Crippen LogP contribution in [0.5, 0.6) is 5.75 Å². The number of hydrogen-bond donors (Lipinski definition) is 1. The van der Waals surface area contributed by atoms with E-state index >= 15 is 0 Å². The Labute approximate surface area is 190 Å². The minimum Gasteiger partial charge on any atom is -0.481 e. The number of benzene rings is 2. The zero-order valence-electron chi connectivity index (χ0n) is 18.3. The number of carbonyl (C=O) groups excluding carboxylic acids is 1. The third-order valence-electron chi connectivity index (χ3n) is 5.36. The number of hydrogen-bond acceptors (Lipinski definition) is 6. The summed E-state index contributed by atoms with van der Waals surface area (Å²) in [6.07, 6.45) is 0. The molecule has 0 atom stereocenters. The van der Waals surface area contributed by atoms with E-state index in [4.69, 9.17) is 9.47 Å². The molecule has 1 N–H and O–H groups in total. The van der Waals surface area contributed by atoms with Crippen LogP contribution in [0.4, 0.5) is 10.3 Å². The molecule has 0 spiro atoms. The fraction of sp³-hybridized carbons (Fsp3) is 0.292. The van der Waals surface area contributed by atoms with Crippen molar-refractivity contribution in [2.45, 2.75) is 19.7 Å². The number of carbonyl (C=O) groups is 1. The second-order valence-corrected chi connectivity index (χ2v) is 7.61. The molecule has 0 fully saturated rings. The van der Waals surface area contributed by atoms with Crippen LogP contribution in [0.25, 0.3) is 0 Å². The summed E-state index contributed by atoms with van der Waals surface area (Å²) in [4.78, 5) is 32.8. The molecule has 0 aliphatic carbocycles. The molecule has 1 aliphatic heterocycles. The molecular weight excluding hydrogens is 427 g/mol. The highest BCUT2D eigenvalue weighted by Crippen LogP contribution is 2.22. The highest BCUT2D eigenvalue weighted by Gasteiger charge is 2.29. The van der Waals surface area contributed by atoms with Gasteiger partial charge in [-0.3, -0.25) is 14.2 Å². The monoisotopic (exact) mass is 452 g/mol. The second-order valence-electron chi connectivity index (χ2n) is 7.61. The van der Waals surface area contributed by atoms with Gasteiger partial charge in [0, 0.05) is 33.3 Å². The molecule has 0 bridgehead atoms. The summed E-state index contributed by atoms with van der Waals surface area (Å²) in [5.74, 6) is -0.573. The molecule has 1 aromatic heterocycles. The molecule has 8 nitrogen and oxygen atoms in total. The Kier molecular flexibility index (Phi) is 6.99. The van der Waals surface area contributed by atoms with Crippen molar-refractivity contribution in [1.82, 2.24) is 14.9 Å². The lowest BCUT2D eigenvalue weighted by molar-refractivity contribution is 0.0940. The number of anilines is 1. The van der Waals surface area contributed by atoms with Gasteiger partial charge in [0.2, 0.25) is 11.7 Å². The molecule has 3 aromatic rings. The van der Waals surface area contributed by atoms with Crippen molar-refractivity contribution in [3.8, 4) is 5.75 Å². The van der Waals surface area contributed by atoms with Gasteiger partial charge >= 0.3 is 0 Å². The van der Waals surface area contributed by atoms with Crippen molar-refractivity contribution in [3.05, 3.63) is 87.6 Å². The third kappa shape index (κ3) is 5.20. The molecule has 33 heavy (non-hydrogen) atoms. The van der Waals surface area contributed by atoms with Gasteiger partial charge in [-0.1, -0.05) is 42.5 Å². The van der Waals surface area contributed by atoms with Crippen LogP contribution >= 0.6 is 0 Å². The molecule has 2 heterocycles. The number of amides is 1. The average molecular weight is 452 g/mol. The first-order chi connectivity index (χ1) is 16.1. The molecule has 0 saturated heterocycles. The minimum absolute atomic E-state index is 0.0754. The lowest BCUT2D eigenvalue weighted by atomic mass is 10.2. The van der Waals surface area contributed by atoms with Gasteiger partial charge in [-0.15, -0.1) is 0 Å². The molecule has 172 valence electrons. The van der Waals surface area contributed by atoms with Crippen LogP contribution in [0.1, 0.15) is 21.6 Å². The Morgan fingerprint density at radius 2 is 1.85 bits per heavy atom. The van der Waals surface area contributed by atoms with E-state index in [0.717, 1.165) is 11.1 Å². The number of aromatic nitrogens is 2. The van der Waals surface area contributed by atoms with Crippen molar-refractivity contribution in [2.75, 3.05) is 31.7 Å². The number of rotatable bonds is 9. The van der Waals surface area contributed by atoms with Gasteiger partial charge in [0.25, 0.3) is 11.5 Å². The summed E-state index contributed by atoms with van der Waals surface area (Å²) in [5.41, 5.74) is 1.11. The largest absolute Gasteiger partial charge is 0.481 e. The Hall–Kier alpha value is -3.72. The molecule has 0 radical (unpaired) electrons. The zero-order chi connectivity index (χ0) is 23.2. The van der Waals surface area contributed by atoms with E-state index in [1.54, 1.807) is 19.2 Å². The van der Waals surface area contributed by atoms with E-state index in [0.29, 0.717) is 32.2 Å². The standard InChI is InChI=1S/C24H25FN4O4/c1-32-14-13-28-11-12-29-23(31)21(33-16-18-5-3-2-4-6-18)20(27-24(28)29)22(30)26-15-17-7-9-19(25)10-8-17/h2-10H,11-16H2,1H3,(H,26,30). The average Bonchev–Trinajstić information content (AvgIpc) is 3.25. The van der Waals surface area contributed by atoms with E-state index < -0.39 is 11.5 Å². The quantitative estimate of drug-likeness (QED) is 0.537. The minimum atomic E-state index is -0.540. The van der Waals surface area contributed by atoms with Crippen LogP contribution in [0.3, 0.4) is 0 Å². The maximum absolute atomic E-state index is 13.3. The van der Waals surface area contributed by atoms with Crippen molar-refractivity contribution >= 4 is 11.9 Å². The van der Waals surface area contributed by atoms with Gasteiger partial charge in [0.05, 0.1) is 6.61 Å². The molecule has 0 unspecified atom stereocenters. The van der Waals surface area contributed by atoms with Crippen LogP contribution < -0.4 is 20.5 Å². The highest BCUT2D eigenvalue weighted by molar-refractivity contribution is 5.95. The van der Waals surface area contributed by atoms with Crippen LogP contribution in [0.2, 0.25) is 0 Å². The van der Waals surface area contributed by atoms with Crippen LogP contribution in [0.15, 0.2) is 59.4 Å². The molecule has 1 aliphatic rings. The van der Waals surface area contributed by atoms with E-state index in [2.05, 4.69) is 10.3 Å². The van der Waals surface area contributed by atoms with Gasteiger partial charge in [-0.25, -0.2) is 9.37 Å².